The van der Waals surface area contributed by atoms with Crippen molar-refractivity contribution in [1.29, 1.82) is 0 Å². The number of aromatic nitrogens is 9. The van der Waals surface area contributed by atoms with E-state index in [1.807, 2.05) is 0 Å². The summed E-state index contributed by atoms with van der Waals surface area (Å²) >= 11 is 6.08. The number of rotatable bonds is 6. The molecule has 0 amide bonds. The second-order valence-electron chi connectivity index (χ2n) is 9.01. The first-order valence-electron chi connectivity index (χ1n) is 11.7. The van der Waals surface area contributed by atoms with Gasteiger partial charge < -0.3 is 9.88 Å². The topological polar surface area (TPSA) is 104 Å². The second kappa shape index (κ2) is 10.2. The highest BCUT2D eigenvalue weighted by Gasteiger charge is 2.44. The van der Waals surface area contributed by atoms with E-state index in [0.717, 1.165) is 0 Å². The van der Waals surface area contributed by atoms with Crippen molar-refractivity contribution >= 4 is 36.9 Å². The van der Waals surface area contributed by atoms with Crippen molar-refractivity contribution in [3.05, 3.63) is 70.9 Å². The quantitative estimate of drug-likeness (QED) is 0.251. The molecule has 5 aromatic rings. The molecule has 1 aromatic carbocycles. The van der Waals surface area contributed by atoms with Gasteiger partial charge in [0.15, 0.2) is 5.82 Å². The van der Waals surface area contributed by atoms with Crippen LogP contribution in [0.4, 0.5) is 29.3 Å². The summed E-state index contributed by atoms with van der Waals surface area (Å²) in [5.74, 6) is -3.45. The first kappa shape index (κ1) is 27.6. The third kappa shape index (κ3) is 4.48. The van der Waals surface area contributed by atoms with Gasteiger partial charge in [0.25, 0.3) is 0 Å². The Balaban J connectivity index is 0.00000323. The maximum absolute atomic E-state index is 15.6. The first-order chi connectivity index (χ1) is 18.6. The zero-order valence-electron chi connectivity index (χ0n) is 20.9. The minimum absolute atomic E-state index is 0. The van der Waals surface area contributed by atoms with Gasteiger partial charge in [0.1, 0.15) is 11.5 Å². The molecule has 1 aliphatic heterocycles. The van der Waals surface area contributed by atoms with Gasteiger partial charge in [-0.15, -0.1) is 10.2 Å². The lowest BCUT2D eigenvalue weighted by atomic mass is 10.1. The van der Waals surface area contributed by atoms with Gasteiger partial charge in [0.05, 0.1) is 23.0 Å². The molecule has 0 spiro atoms. The summed E-state index contributed by atoms with van der Waals surface area (Å²) in [6.07, 6.45) is 4.49. The molecule has 0 radical (unpaired) electrons. The Kier molecular flexibility index (Phi) is 7.04. The molecule has 5 heterocycles. The zero-order valence-corrected chi connectivity index (χ0v) is 22.7. The van der Waals surface area contributed by atoms with Gasteiger partial charge in [0, 0.05) is 30.6 Å². The molecule has 40 heavy (non-hydrogen) atoms. The van der Waals surface area contributed by atoms with E-state index >= 15 is 8.78 Å². The SMILES string of the molecule is Cc1cnc(Nc2ccnn2C(F)F)nc1-c1cn2c(n1)-c1nnc(C(F)(F)c3ccccc3Cl)n1[C@@H](C)C2.S. The lowest BCUT2D eigenvalue weighted by Gasteiger charge is -2.26. The van der Waals surface area contributed by atoms with E-state index in [4.69, 9.17) is 11.6 Å². The van der Waals surface area contributed by atoms with Gasteiger partial charge in [0.2, 0.25) is 17.6 Å². The fourth-order valence-electron chi connectivity index (χ4n) is 4.57. The summed E-state index contributed by atoms with van der Waals surface area (Å²) in [4.78, 5) is 13.3. The fourth-order valence-corrected chi connectivity index (χ4v) is 4.83. The molecule has 0 unspecified atom stereocenters. The number of hydrogen-bond donors (Lipinski definition) is 1. The van der Waals surface area contributed by atoms with Crippen LogP contribution in [-0.2, 0) is 12.5 Å². The number of benzene rings is 1. The summed E-state index contributed by atoms with van der Waals surface area (Å²) in [7, 11) is 0. The Morgan fingerprint density at radius 2 is 1.88 bits per heavy atom. The smallest absolute Gasteiger partial charge is 0.326 e. The number of aryl methyl sites for hydroxylation is 1. The van der Waals surface area contributed by atoms with E-state index in [1.54, 1.807) is 30.7 Å². The monoisotopic (exact) mass is 592 g/mol. The van der Waals surface area contributed by atoms with Crippen molar-refractivity contribution < 1.29 is 17.6 Å². The van der Waals surface area contributed by atoms with Crippen LogP contribution in [0.3, 0.4) is 0 Å². The molecule has 1 aliphatic rings. The number of imidazole rings is 1. The van der Waals surface area contributed by atoms with Crippen LogP contribution in [-0.4, -0.2) is 44.1 Å². The molecular weight excluding hydrogens is 572 g/mol. The third-order valence-electron chi connectivity index (χ3n) is 6.38. The molecule has 1 N–H and O–H groups in total. The minimum Gasteiger partial charge on any atom is -0.326 e. The Bertz CT molecular complexity index is 1700. The van der Waals surface area contributed by atoms with E-state index in [-0.39, 0.29) is 41.7 Å². The summed E-state index contributed by atoms with van der Waals surface area (Å²) in [5.41, 5.74) is 1.16. The van der Waals surface area contributed by atoms with E-state index in [9.17, 15) is 8.78 Å². The summed E-state index contributed by atoms with van der Waals surface area (Å²) in [6.45, 7) is 1.03. The van der Waals surface area contributed by atoms with Crippen molar-refractivity contribution in [2.45, 2.75) is 38.9 Å². The number of halogens is 5. The van der Waals surface area contributed by atoms with Gasteiger partial charge >= 0.3 is 12.5 Å². The Labute approximate surface area is 236 Å². The average molecular weight is 593 g/mol. The number of anilines is 2. The van der Waals surface area contributed by atoms with Crippen LogP contribution in [0.15, 0.2) is 48.9 Å². The standard InChI is InChI=1S/C24H19ClF4N10.H2S/c1-12-9-30-23(33-17-7-8-31-39(17)22(26)27)34-18(12)16-11-37-10-13(2)38-20(19(37)32-16)35-36-21(38)24(28,29)14-5-3-4-6-15(14)25;/h3-9,11,13,22H,10H2,1-2H3,(H,30,33,34);1H2/t13-;/m0./s1. The Morgan fingerprint density at radius 3 is 2.62 bits per heavy atom. The van der Waals surface area contributed by atoms with Crippen LogP contribution in [0, 0.1) is 6.92 Å². The number of alkyl halides is 4. The highest BCUT2D eigenvalue weighted by molar-refractivity contribution is 7.59. The van der Waals surface area contributed by atoms with Crippen molar-refractivity contribution in [3.63, 3.8) is 0 Å². The van der Waals surface area contributed by atoms with Crippen LogP contribution < -0.4 is 5.32 Å². The van der Waals surface area contributed by atoms with E-state index in [2.05, 4.69) is 35.6 Å². The van der Waals surface area contributed by atoms with E-state index < -0.39 is 24.3 Å². The maximum Gasteiger partial charge on any atom is 0.335 e. The summed E-state index contributed by atoms with van der Waals surface area (Å²) in [5, 5.41) is 14.2. The number of fused-ring (bicyclic) bond motifs is 3. The highest BCUT2D eigenvalue weighted by Crippen LogP contribution is 2.42. The number of nitrogens with zero attached hydrogens (tertiary/aromatic N) is 9. The van der Waals surface area contributed by atoms with Crippen LogP contribution in [0.1, 0.15) is 36.5 Å². The molecule has 0 saturated heterocycles. The van der Waals surface area contributed by atoms with Crippen molar-refractivity contribution in [3.8, 4) is 23.0 Å². The van der Waals surface area contributed by atoms with Gasteiger partial charge in [-0.25, -0.2) is 15.0 Å². The fraction of sp³-hybridized carbons (Fsp3) is 0.250. The largest absolute Gasteiger partial charge is 0.335 e. The molecule has 0 aliphatic carbocycles. The zero-order chi connectivity index (χ0) is 27.5. The van der Waals surface area contributed by atoms with Gasteiger partial charge in [-0.3, -0.25) is 4.57 Å². The lowest BCUT2D eigenvalue weighted by Crippen LogP contribution is -2.28. The van der Waals surface area contributed by atoms with E-state index in [0.29, 0.717) is 34.0 Å². The highest BCUT2D eigenvalue weighted by atomic mass is 35.5. The third-order valence-corrected chi connectivity index (χ3v) is 6.71. The molecule has 0 bridgehead atoms. The van der Waals surface area contributed by atoms with Crippen LogP contribution >= 0.6 is 25.1 Å². The van der Waals surface area contributed by atoms with Gasteiger partial charge in [-0.2, -0.15) is 40.8 Å². The van der Waals surface area contributed by atoms with Gasteiger partial charge in [-0.05, 0) is 25.5 Å². The van der Waals surface area contributed by atoms with E-state index in [1.165, 1.54) is 41.2 Å². The second-order valence-corrected chi connectivity index (χ2v) is 9.42. The summed E-state index contributed by atoms with van der Waals surface area (Å²) in [6, 6.07) is 6.66. The summed E-state index contributed by atoms with van der Waals surface area (Å²) < 4.78 is 61.3. The molecular formula is C24H21ClF4N10S. The van der Waals surface area contributed by atoms with Gasteiger partial charge in [-0.1, -0.05) is 29.8 Å². The Hall–Kier alpha value is -3.98. The molecule has 208 valence electrons. The van der Waals surface area contributed by atoms with Crippen molar-refractivity contribution in [2.75, 3.05) is 5.32 Å². The molecule has 0 saturated carbocycles. The minimum atomic E-state index is -3.50. The number of hydrogen-bond acceptors (Lipinski definition) is 7. The van der Waals surface area contributed by atoms with Crippen LogP contribution in [0.2, 0.25) is 5.02 Å². The lowest BCUT2D eigenvalue weighted by molar-refractivity contribution is 0.0269. The Morgan fingerprint density at radius 1 is 1.10 bits per heavy atom. The van der Waals surface area contributed by atoms with Crippen molar-refractivity contribution in [1.82, 2.24) is 44.1 Å². The average Bonchev–Trinajstić information content (AvgIpc) is 3.63. The normalized spacial score (nSPS) is 14.6. The first-order valence-corrected chi connectivity index (χ1v) is 12.1. The number of nitrogens with one attached hydrogen (secondary N) is 1. The molecule has 6 rings (SSSR count). The molecule has 10 nitrogen and oxygen atoms in total. The van der Waals surface area contributed by atoms with Crippen LogP contribution in [0.5, 0.6) is 0 Å². The van der Waals surface area contributed by atoms with Crippen molar-refractivity contribution in [2.24, 2.45) is 0 Å². The van der Waals surface area contributed by atoms with Crippen LogP contribution in [0.25, 0.3) is 23.0 Å². The predicted octanol–water partition coefficient (Wildman–Crippen LogP) is 5.72. The molecule has 16 heteroatoms. The predicted molar refractivity (Wildman–Crippen MR) is 143 cm³/mol. The molecule has 1 atom stereocenters. The molecule has 4 aromatic heterocycles. The molecule has 0 fully saturated rings. The maximum atomic E-state index is 15.6.